The van der Waals surface area contributed by atoms with Gasteiger partial charge in [0.15, 0.2) is 0 Å². The average Bonchev–Trinajstić information content (AvgIpc) is 2.28. The lowest BCUT2D eigenvalue weighted by atomic mass is 9.96. The topological polar surface area (TPSA) is 46.2 Å². The SMILES string of the molecule is CNC1CCCCC1.O=CCCC=O. The molecule has 1 fully saturated rings. The highest BCUT2D eigenvalue weighted by Crippen LogP contribution is 2.16. The number of aldehydes is 2. The Morgan fingerprint density at radius 1 is 1.07 bits per heavy atom. The predicted molar refractivity (Wildman–Crippen MR) is 57.3 cm³/mol. The van der Waals surface area contributed by atoms with E-state index >= 15 is 0 Å². The van der Waals surface area contributed by atoms with Gasteiger partial charge in [0.05, 0.1) is 0 Å². The van der Waals surface area contributed by atoms with Gasteiger partial charge in [0.25, 0.3) is 0 Å². The number of nitrogens with one attached hydrogen (secondary N) is 1. The second-order valence-electron chi connectivity index (χ2n) is 3.53. The van der Waals surface area contributed by atoms with E-state index in [0.717, 1.165) is 18.6 Å². The second kappa shape index (κ2) is 10.4. The zero-order chi connectivity index (χ0) is 10.6. The van der Waals surface area contributed by atoms with Crippen LogP contribution in [-0.4, -0.2) is 25.7 Å². The molecular formula is C11H21NO2. The molecule has 14 heavy (non-hydrogen) atoms. The quantitative estimate of drug-likeness (QED) is 0.553. The maximum absolute atomic E-state index is 9.40. The van der Waals surface area contributed by atoms with Crippen LogP contribution < -0.4 is 5.32 Å². The summed E-state index contributed by atoms with van der Waals surface area (Å²) in [5.41, 5.74) is 0. The molecule has 0 amide bonds. The van der Waals surface area contributed by atoms with Crippen molar-refractivity contribution in [1.82, 2.24) is 5.32 Å². The number of unbranched alkanes of at least 4 members (excludes halogenated alkanes) is 1. The molecule has 3 heteroatoms. The highest BCUT2D eigenvalue weighted by molar-refractivity contribution is 5.58. The van der Waals surface area contributed by atoms with Crippen LogP contribution in [0.3, 0.4) is 0 Å². The summed E-state index contributed by atoms with van der Waals surface area (Å²) in [5, 5.41) is 3.30. The molecule has 1 N–H and O–H groups in total. The van der Waals surface area contributed by atoms with E-state index in [9.17, 15) is 9.59 Å². The Bertz CT molecular complexity index is 134. The first-order valence-corrected chi connectivity index (χ1v) is 5.39. The molecule has 0 heterocycles. The second-order valence-corrected chi connectivity index (χ2v) is 3.53. The first kappa shape index (κ1) is 13.3. The molecule has 0 saturated heterocycles. The fourth-order valence-electron chi connectivity index (χ4n) is 1.53. The van der Waals surface area contributed by atoms with Gasteiger partial charge in [-0.1, -0.05) is 19.3 Å². The number of carbonyl (C=O) groups is 2. The van der Waals surface area contributed by atoms with Gasteiger partial charge in [-0.15, -0.1) is 0 Å². The van der Waals surface area contributed by atoms with Crippen molar-refractivity contribution in [3.8, 4) is 0 Å². The zero-order valence-corrected chi connectivity index (χ0v) is 9.00. The molecule has 82 valence electrons. The fraction of sp³-hybridized carbons (Fsp3) is 0.818. The van der Waals surface area contributed by atoms with Gasteiger partial charge in [-0.3, -0.25) is 0 Å². The Morgan fingerprint density at radius 3 is 1.86 bits per heavy atom. The van der Waals surface area contributed by atoms with Gasteiger partial charge in [0, 0.05) is 18.9 Å². The maximum atomic E-state index is 9.40. The van der Waals surface area contributed by atoms with Crippen LogP contribution in [0.15, 0.2) is 0 Å². The molecule has 0 unspecified atom stereocenters. The average molecular weight is 199 g/mol. The summed E-state index contributed by atoms with van der Waals surface area (Å²) in [7, 11) is 2.07. The van der Waals surface area contributed by atoms with Crippen LogP contribution in [0, 0.1) is 0 Å². The minimum atomic E-state index is 0.365. The van der Waals surface area contributed by atoms with Crippen LogP contribution in [0.5, 0.6) is 0 Å². The lowest BCUT2D eigenvalue weighted by molar-refractivity contribution is -0.112. The van der Waals surface area contributed by atoms with Crippen molar-refractivity contribution >= 4 is 12.6 Å². The van der Waals surface area contributed by atoms with Crippen molar-refractivity contribution in [2.24, 2.45) is 0 Å². The smallest absolute Gasteiger partial charge is 0.120 e. The molecule has 1 aliphatic rings. The van der Waals surface area contributed by atoms with Gasteiger partial charge in [-0.25, -0.2) is 0 Å². The van der Waals surface area contributed by atoms with Crippen molar-refractivity contribution < 1.29 is 9.59 Å². The molecule has 0 spiro atoms. The molecule has 1 rings (SSSR count). The molecule has 0 radical (unpaired) electrons. The minimum absolute atomic E-state index is 0.365. The molecule has 3 nitrogen and oxygen atoms in total. The number of carbonyl (C=O) groups excluding carboxylic acids is 2. The monoisotopic (exact) mass is 199 g/mol. The van der Waals surface area contributed by atoms with E-state index in [1.807, 2.05) is 0 Å². The Hall–Kier alpha value is -0.700. The van der Waals surface area contributed by atoms with Crippen LogP contribution in [-0.2, 0) is 9.59 Å². The number of hydrogen-bond donors (Lipinski definition) is 1. The molecule has 1 aliphatic carbocycles. The van der Waals surface area contributed by atoms with E-state index < -0.39 is 0 Å². The third-order valence-corrected chi connectivity index (χ3v) is 2.42. The molecule has 0 atom stereocenters. The molecule has 0 bridgehead atoms. The van der Waals surface area contributed by atoms with Gasteiger partial charge in [-0.05, 0) is 19.9 Å². The van der Waals surface area contributed by atoms with Gasteiger partial charge in [0.2, 0.25) is 0 Å². The molecule has 1 saturated carbocycles. The zero-order valence-electron chi connectivity index (χ0n) is 9.00. The van der Waals surface area contributed by atoms with Gasteiger partial charge in [0.1, 0.15) is 12.6 Å². The highest BCUT2D eigenvalue weighted by atomic mass is 16.1. The molecule has 0 aromatic carbocycles. The predicted octanol–water partition coefficient (Wildman–Crippen LogP) is 1.70. The van der Waals surface area contributed by atoms with E-state index in [2.05, 4.69) is 12.4 Å². The van der Waals surface area contributed by atoms with Crippen LogP contribution in [0.25, 0.3) is 0 Å². The van der Waals surface area contributed by atoms with Crippen LogP contribution >= 0.6 is 0 Å². The van der Waals surface area contributed by atoms with Gasteiger partial charge < -0.3 is 14.9 Å². The Labute approximate surface area is 86.3 Å². The maximum Gasteiger partial charge on any atom is 0.120 e. The Kier molecular flexibility index (Phi) is 9.86. The third kappa shape index (κ3) is 7.92. The normalized spacial score (nSPS) is 16.6. The minimum Gasteiger partial charge on any atom is -0.317 e. The van der Waals surface area contributed by atoms with Gasteiger partial charge >= 0.3 is 0 Å². The summed E-state index contributed by atoms with van der Waals surface area (Å²) in [6, 6.07) is 0.837. The van der Waals surface area contributed by atoms with E-state index in [-0.39, 0.29) is 0 Å². The third-order valence-electron chi connectivity index (χ3n) is 2.42. The summed E-state index contributed by atoms with van der Waals surface area (Å²) in [6.07, 6.45) is 9.32. The van der Waals surface area contributed by atoms with Crippen molar-refractivity contribution in [2.45, 2.75) is 51.0 Å². The molecule has 0 aliphatic heterocycles. The highest BCUT2D eigenvalue weighted by Gasteiger charge is 2.09. The first-order valence-electron chi connectivity index (χ1n) is 5.39. The van der Waals surface area contributed by atoms with Crippen molar-refractivity contribution in [3.63, 3.8) is 0 Å². The van der Waals surface area contributed by atoms with Crippen molar-refractivity contribution in [1.29, 1.82) is 0 Å². The van der Waals surface area contributed by atoms with E-state index in [1.54, 1.807) is 0 Å². The molecular weight excluding hydrogens is 178 g/mol. The van der Waals surface area contributed by atoms with E-state index in [1.165, 1.54) is 32.1 Å². The largest absolute Gasteiger partial charge is 0.317 e. The number of rotatable bonds is 4. The lowest BCUT2D eigenvalue weighted by Gasteiger charge is -2.20. The summed E-state index contributed by atoms with van der Waals surface area (Å²) in [4.78, 5) is 18.8. The summed E-state index contributed by atoms with van der Waals surface area (Å²) >= 11 is 0. The standard InChI is InChI=1S/C7H15N.C4H6O2/c1-8-7-5-3-2-4-6-7;5-3-1-2-4-6/h7-8H,2-6H2,1H3;3-4H,1-2H2. The summed E-state index contributed by atoms with van der Waals surface area (Å²) < 4.78 is 0. The first-order chi connectivity index (χ1) is 6.85. The van der Waals surface area contributed by atoms with Gasteiger partial charge in [-0.2, -0.15) is 0 Å². The molecule has 0 aromatic rings. The Morgan fingerprint density at radius 2 is 1.57 bits per heavy atom. The van der Waals surface area contributed by atoms with E-state index in [0.29, 0.717) is 12.8 Å². The summed E-state index contributed by atoms with van der Waals surface area (Å²) in [5.74, 6) is 0. The lowest BCUT2D eigenvalue weighted by Crippen LogP contribution is -2.26. The number of hydrogen-bond acceptors (Lipinski definition) is 3. The van der Waals surface area contributed by atoms with Crippen LogP contribution in [0.2, 0.25) is 0 Å². The Balaban J connectivity index is 0.000000255. The van der Waals surface area contributed by atoms with Crippen LogP contribution in [0.4, 0.5) is 0 Å². The molecule has 0 aromatic heterocycles. The fourth-order valence-corrected chi connectivity index (χ4v) is 1.53. The van der Waals surface area contributed by atoms with E-state index in [4.69, 9.17) is 0 Å². The van der Waals surface area contributed by atoms with Crippen LogP contribution in [0.1, 0.15) is 44.9 Å². The van der Waals surface area contributed by atoms with Crippen molar-refractivity contribution in [2.75, 3.05) is 7.05 Å². The summed E-state index contributed by atoms with van der Waals surface area (Å²) in [6.45, 7) is 0. The van der Waals surface area contributed by atoms with Crippen molar-refractivity contribution in [3.05, 3.63) is 0 Å².